The number of nitrogens with one attached hydrogen (secondary N) is 2. The Balaban J connectivity index is 1.10. The van der Waals surface area contributed by atoms with Crippen molar-refractivity contribution >= 4 is 35.3 Å². The average Bonchev–Trinajstić information content (AvgIpc) is 3.27. The number of piperidine rings is 1. The highest BCUT2D eigenvalue weighted by Crippen LogP contribution is 2.75. The van der Waals surface area contributed by atoms with Gasteiger partial charge in [-0.1, -0.05) is 16.7 Å². The van der Waals surface area contributed by atoms with Crippen LogP contribution in [0.3, 0.4) is 0 Å². The van der Waals surface area contributed by atoms with Gasteiger partial charge in [0.2, 0.25) is 24.1 Å². The highest BCUT2D eigenvalue weighted by atomic mass is 35.5. The van der Waals surface area contributed by atoms with Crippen LogP contribution >= 0.6 is 11.6 Å². The third-order valence-corrected chi connectivity index (χ3v) is 9.00. The molecule has 1 aromatic carbocycles. The fourth-order valence-electron chi connectivity index (χ4n) is 6.52. The first kappa shape index (κ1) is 22.1. The summed E-state index contributed by atoms with van der Waals surface area (Å²) in [5.74, 6) is -0.713. The molecule has 36 heavy (non-hydrogen) atoms. The Morgan fingerprint density at radius 3 is 2.58 bits per heavy atom. The van der Waals surface area contributed by atoms with Gasteiger partial charge in [-0.15, -0.1) is 5.10 Å². The van der Waals surface area contributed by atoms with Crippen molar-refractivity contribution in [3.8, 4) is 0 Å². The van der Waals surface area contributed by atoms with Gasteiger partial charge in [0, 0.05) is 34.5 Å². The molecule has 1 aromatic heterocycles. The molecule has 2 N–H and O–H groups in total. The van der Waals surface area contributed by atoms with Gasteiger partial charge in [-0.05, 0) is 56.2 Å². The second-order valence-corrected chi connectivity index (χ2v) is 11.4. The van der Waals surface area contributed by atoms with Crippen molar-refractivity contribution in [2.45, 2.75) is 74.9 Å². The number of rotatable bonds is 6. The highest BCUT2D eigenvalue weighted by Gasteiger charge is 2.74. The van der Waals surface area contributed by atoms with E-state index in [4.69, 9.17) is 16.0 Å². The quantitative estimate of drug-likeness (QED) is 0.565. The van der Waals surface area contributed by atoms with Crippen molar-refractivity contribution in [1.29, 1.82) is 0 Å². The van der Waals surface area contributed by atoms with Crippen molar-refractivity contribution in [2.75, 3.05) is 5.32 Å². The molecule has 1 atom stereocenters. The third kappa shape index (κ3) is 2.95. The van der Waals surface area contributed by atoms with E-state index in [1.807, 2.05) is 6.07 Å². The zero-order valence-electron chi connectivity index (χ0n) is 19.1. The normalized spacial score (nSPS) is 31.6. The lowest BCUT2D eigenvalue weighted by atomic mass is 9.35. The number of nitrogens with zero attached hydrogens (tertiary/aromatic N) is 3. The number of aromatic nitrogens is 2. The first-order valence-corrected chi connectivity index (χ1v) is 12.4. The van der Waals surface area contributed by atoms with Crippen LogP contribution in [0.15, 0.2) is 16.5 Å². The van der Waals surface area contributed by atoms with E-state index in [1.54, 1.807) is 6.07 Å². The number of anilines is 1. The lowest BCUT2D eigenvalue weighted by Crippen LogP contribution is -2.67. The van der Waals surface area contributed by atoms with E-state index in [2.05, 4.69) is 20.8 Å². The molecule has 2 bridgehead atoms. The molecule has 4 saturated carbocycles. The number of alkyl halides is 2. The summed E-state index contributed by atoms with van der Waals surface area (Å²) in [6.45, 7) is 0.204. The summed E-state index contributed by atoms with van der Waals surface area (Å²) in [5, 5.41) is 14.2. The summed E-state index contributed by atoms with van der Waals surface area (Å²) in [7, 11) is 0. The van der Waals surface area contributed by atoms with Gasteiger partial charge < -0.3 is 14.6 Å². The number of halogens is 3. The summed E-state index contributed by atoms with van der Waals surface area (Å²) >= 11 is 6.60. The summed E-state index contributed by atoms with van der Waals surface area (Å²) in [5.41, 5.74) is 0.0498. The number of benzene rings is 1. The van der Waals surface area contributed by atoms with E-state index in [1.165, 1.54) is 4.90 Å². The molecular weight excluding hydrogens is 496 g/mol. The zero-order chi connectivity index (χ0) is 25.0. The third-order valence-electron chi connectivity index (χ3n) is 8.66. The first-order valence-electron chi connectivity index (χ1n) is 12.0. The van der Waals surface area contributed by atoms with E-state index in [0.29, 0.717) is 41.3 Å². The summed E-state index contributed by atoms with van der Waals surface area (Å²) in [6, 6.07) is 3.10. The largest absolute Gasteiger partial charge is 0.408 e. The summed E-state index contributed by atoms with van der Waals surface area (Å²) < 4.78 is 32.2. The smallest absolute Gasteiger partial charge is 0.316 e. The molecule has 5 fully saturated rings. The summed E-state index contributed by atoms with van der Waals surface area (Å²) in [4.78, 5) is 38.6. The number of carbonyl (C=O) groups excluding carboxylic acids is 3. The molecule has 1 saturated heterocycles. The molecule has 8 rings (SSSR count). The number of hydrogen-bond acceptors (Lipinski definition) is 7. The number of carbonyl (C=O) groups is 3. The molecule has 3 heterocycles. The van der Waals surface area contributed by atoms with E-state index < -0.39 is 34.7 Å². The molecule has 0 spiro atoms. The monoisotopic (exact) mass is 517 g/mol. The minimum atomic E-state index is -2.33. The number of imide groups is 1. The molecule has 3 amide bonds. The van der Waals surface area contributed by atoms with Crippen LogP contribution in [0.25, 0.3) is 0 Å². The van der Waals surface area contributed by atoms with Gasteiger partial charge >= 0.3 is 6.01 Å². The van der Waals surface area contributed by atoms with Gasteiger partial charge in [-0.2, -0.15) is 0 Å². The second kappa shape index (κ2) is 7.02. The van der Waals surface area contributed by atoms with Crippen LogP contribution in [0.5, 0.6) is 0 Å². The lowest BCUT2D eigenvalue weighted by Gasteiger charge is -2.68. The van der Waals surface area contributed by atoms with Crippen molar-refractivity contribution in [3.05, 3.63) is 39.7 Å². The molecule has 4 aliphatic carbocycles. The van der Waals surface area contributed by atoms with Crippen LogP contribution < -0.4 is 10.6 Å². The maximum Gasteiger partial charge on any atom is 0.316 e. The van der Waals surface area contributed by atoms with Crippen LogP contribution in [0.1, 0.15) is 72.3 Å². The number of amides is 3. The highest BCUT2D eigenvalue weighted by molar-refractivity contribution is 6.32. The van der Waals surface area contributed by atoms with Crippen molar-refractivity contribution in [1.82, 2.24) is 20.4 Å². The lowest BCUT2D eigenvalue weighted by molar-refractivity contribution is -0.229. The molecule has 12 heteroatoms. The second-order valence-electron chi connectivity index (χ2n) is 11.0. The molecule has 188 valence electrons. The van der Waals surface area contributed by atoms with E-state index >= 15 is 0 Å². The molecule has 9 nitrogen and oxygen atoms in total. The minimum absolute atomic E-state index is 0.180. The molecule has 2 aliphatic heterocycles. The van der Waals surface area contributed by atoms with E-state index in [0.717, 1.165) is 18.4 Å². The van der Waals surface area contributed by atoms with Crippen molar-refractivity contribution < 1.29 is 27.6 Å². The minimum Gasteiger partial charge on any atom is -0.408 e. The van der Waals surface area contributed by atoms with Gasteiger partial charge in [0.25, 0.3) is 5.91 Å². The fourth-order valence-corrected chi connectivity index (χ4v) is 6.80. The fraction of sp³-hybridized carbons (Fsp3) is 0.542. The molecule has 0 radical (unpaired) electrons. The predicted octanol–water partition coefficient (Wildman–Crippen LogP) is 3.27. The van der Waals surface area contributed by atoms with Crippen LogP contribution in [-0.4, -0.2) is 45.3 Å². The first-order chi connectivity index (χ1) is 17.1. The maximum atomic E-state index is 13.3. The van der Waals surface area contributed by atoms with E-state index in [-0.39, 0.29) is 37.2 Å². The van der Waals surface area contributed by atoms with Crippen LogP contribution in [0, 0.1) is 5.41 Å². The SMILES string of the molecule is O=C1CCC(N2Cc3c(Cl)cc(C4(Nc5nnc(C67CC(C(F)F)(C6)C7)o5)CC4)cc3C2=O)C(=O)N1. The Morgan fingerprint density at radius 2 is 1.92 bits per heavy atom. The predicted molar refractivity (Wildman–Crippen MR) is 120 cm³/mol. The molecular formula is C24H22ClF2N5O4. The molecule has 6 aliphatic rings. The Labute approximate surface area is 208 Å². The maximum absolute atomic E-state index is 13.3. The van der Waals surface area contributed by atoms with Gasteiger partial charge in [-0.25, -0.2) is 8.78 Å². The number of hydrogen-bond donors (Lipinski definition) is 2. The molecule has 2 aromatic rings. The Morgan fingerprint density at radius 1 is 1.17 bits per heavy atom. The standard InChI is InChI=1S/C24H22ClF2N5O4/c25-14-6-11(5-12-13(14)7-32(18(12)35)15-1-2-16(33)28-17(15)34)24(3-4-24)29-21-31-30-20(36-21)23-8-22(9-23,10-23)19(26)27/h5-6,15,19H,1-4,7-10H2,(H,29,31)(H,28,33,34). The Bertz CT molecular complexity index is 1340. The average molecular weight is 518 g/mol. The Kier molecular flexibility index (Phi) is 4.32. The van der Waals surface area contributed by atoms with Crippen LogP contribution in [0.2, 0.25) is 5.02 Å². The van der Waals surface area contributed by atoms with Gasteiger partial charge in [0.15, 0.2) is 0 Å². The van der Waals surface area contributed by atoms with Crippen LogP contribution in [-0.2, 0) is 27.1 Å². The van der Waals surface area contributed by atoms with Crippen LogP contribution in [0.4, 0.5) is 14.8 Å². The zero-order valence-corrected chi connectivity index (χ0v) is 19.8. The van der Waals surface area contributed by atoms with E-state index in [9.17, 15) is 23.2 Å². The number of fused-ring (bicyclic) bond motifs is 1. The van der Waals surface area contributed by atoms with Gasteiger partial charge in [-0.3, -0.25) is 19.7 Å². The Hall–Kier alpha value is -3.08. The van der Waals surface area contributed by atoms with Crippen molar-refractivity contribution in [3.63, 3.8) is 0 Å². The molecule has 1 unspecified atom stereocenters. The summed E-state index contributed by atoms with van der Waals surface area (Å²) in [6.07, 6.45) is 0.755. The van der Waals surface area contributed by atoms with Gasteiger partial charge in [0.05, 0.1) is 11.0 Å². The van der Waals surface area contributed by atoms with Crippen molar-refractivity contribution in [2.24, 2.45) is 5.41 Å². The topological polar surface area (TPSA) is 117 Å². The van der Waals surface area contributed by atoms with Gasteiger partial charge in [0.1, 0.15) is 6.04 Å².